The lowest BCUT2D eigenvalue weighted by atomic mass is 10.2. The van der Waals surface area contributed by atoms with Gasteiger partial charge >= 0.3 is 6.61 Å². The molecule has 2 N–H and O–H groups in total. The van der Waals surface area contributed by atoms with Crippen LogP contribution in [0.4, 0.5) is 8.78 Å². The molecule has 0 unspecified atom stereocenters. The summed E-state index contributed by atoms with van der Waals surface area (Å²) in [7, 11) is 0. The molecule has 1 atom stereocenters. The van der Waals surface area contributed by atoms with Crippen molar-refractivity contribution >= 4 is 23.5 Å². The number of hydrazone groups is 1. The Labute approximate surface area is 132 Å². The van der Waals surface area contributed by atoms with E-state index in [1.54, 1.807) is 12.1 Å². The molecule has 1 heterocycles. The van der Waals surface area contributed by atoms with Gasteiger partial charge in [0.25, 0.3) is 0 Å². The Morgan fingerprint density at radius 1 is 1.45 bits per heavy atom. The van der Waals surface area contributed by atoms with E-state index in [0.717, 1.165) is 25.0 Å². The van der Waals surface area contributed by atoms with Crippen molar-refractivity contribution in [3.63, 3.8) is 0 Å². The number of nitrogens with zero attached hydrogens (tertiary/aromatic N) is 1. The minimum absolute atomic E-state index is 0.105. The summed E-state index contributed by atoms with van der Waals surface area (Å²) >= 11 is 5.08. The highest BCUT2D eigenvalue weighted by molar-refractivity contribution is 7.80. The summed E-state index contributed by atoms with van der Waals surface area (Å²) in [6, 6.07) is 6.13. The Balaban J connectivity index is 1.70. The third-order valence-electron chi connectivity index (χ3n) is 3.00. The van der Waals surface area contributed by atoms with Crippen LogP contribution in [0.2, 0.25) is 0 Å². The number of ether oxygens (including phenoxy) is 2. The van der Waals surface area contributed by atoms with Gasteiger partial charge in [0.2, 0.25) is 0 Å². The Morgan fingerprint density at radius 3 is 2.86 bits per heavy atom. The summed E-state index contributed by atoms with van der Waals surface area (Å²) in [5, 5.41) is 7.40. The van der Waals surface area contributed by atoms with Crippen molar-refractivity contribution in [1.82, 2.24) is 10.7 Å². The van der Waals surface area contributed by atoms with Gasteiger partial charge in [0.1, 0.15) is 5.75 Å². The van der Waals surface area contributed by atoms with E-state index >= 15 is 0 Å². The van der Waals surface area contributed by atoms with Crippen molar-refractivity contribution in [2.45, 2.75) is 25.6 Å². The highest BCUT2D eigenvalue weighted by Gasteiger charge is 2.14. The first-order valence-corrected chi connectivity index (χ1v) is 7.27. The van der Waals surface area contributed by atoms with E-state index in [9.17, 15) is 8.78 Å². The van der Waals surface area contributed by atoms with Crippen LogP contribution in [0, 0.1) is 0 Å². The average molecular weight is 329 g/mol. The minimum atomic E-state index is -2.83. The van der Waals surface area contributed by atoms with E-state index in [-0.39, 0.29) is 11.9 Å². The molecule has 1 aromatic carbocycles. The molecular formula is C14H17F2N3O2S. The number of benzene rings is 1. The molecule has 1 fully saturated rings. The van der Waals surface area contributed by atoms with Crippen LogP contribution in [-0.4, -0.2) is 37.2 Å². The van der Waals surface area contributed by atoms with Crippen LogP contribution in [0.5, 0.6) is 5.75 Å². The topological polar surface area (TPSA) is 54.9 Å². The largest absolute Gasteiger partial charge is 0.435 e. The van der Waals surface area contributed by atoms with Crippen molar-refractivity contribution in [1.29, 1.82) is 0 Å². The number of alkyl halides is 2. The van der Waals surface area contributed by atoms with Crippen molar-refractivity contribution in [3.05, 3.63) is 29.8 Å². The lowest BCUT2D eigenvalue weighted by Crippen LogP contribution is -2.37. The third kappa shape index (κ3) is 5.90. The molecule has 8 heteroatoms. The highest BCUT2D eigenvalue weighted by atomic mass is 32.1. The monoisotopic (exact) mass is 329 g/mol. The van der Waals surface area contributed by atoms with Crippen LogP contribution >= 0.6 is 12.2 Å². The number of nitrogens with one attached hydrogen (secondary N) is 2. The molecule has 1 saturated heterocycles. The van der Waals surface area contributed by atoms with Gasteiger partial charge in [-0.05, 0) is 54.9 Å². The second kappa shape index (κ2) is 8.60. The Kier molecular flexibility index (Phi) is 6.47. The minimum Gasteiger partial charge on any atom is -0.435 e. The van der Waals surface area contributed by atoms with Gasteiger partial charge < -0.3 is 14.8 Å². The van der Waals surface area contributed by atoms with Crippen LogP contribution in [-0.2, 0) is 4.74 Å². The van der Waals surface area contributed by atoms with Gasteiger partial charge in [0, 0.05) is 13.2 Å². The SMILES string of the molecule is FC(F)Oc1ccc(/C=N\NC(=S)NC[C@H]2CCCO2)cc1. The highest BCUT2D eigenvalue weighted by Crippen LogP contribution is 2.14. The van der Waals surface area contributed by atoms with E-state index in [4.69, 9.17) is 17.0 Å². The number of rotatable bonds is 6. The van der Waals surface area contributed by atoms with Crippen LogP contribution in [0.1, 0.15) is 18.4 Å². The van der Waals surface area contributed by atoms with Gasteiger partial charge in [0.05, 0.1) is 12.3 Å². The summed E-state index contributed by atoms with van der Waals surface area (Å²) in [6.07, 6.45) is 3.85. The lowest BCUT2D eigenvalue weighted by Gasteiger charge is -2.11. The fourth-order valence-corrected chi connectivity index (χ4v) is 2.09. The van der Waals surface area contributed by atoms with Gasteiger partial charge in [0.15, 0.2) is 5.11 Å². The number of hydrogen-bond donors (Lipinski definition) is 2. The first-order valence-electron chi connectivity index (χ1n) is 6.87. The summed E-state index contributed by atoms with van der Waals surface area (Å²) < 4.78 is 33.7. The van der Waals surface area contributed by atoms with Crippen molar-refractivity contribution in [2.24, 2.45) is 5.10 Å². The Bertz CT molecular complexity index is 505. The second-order valence-corrected chi connectivity index (χ2v) is 5.07. The summed E-state index contributed by atoms with van der Waals surface area (Å²) in [5.74, 6) is 0.105. The molecule has 1 aliphatic heterocycles. The molecule has 0 bridgehead atoms. The predicted octanol–water partition coefficient (Wildman–Crippen LogP) is 2.27. The van der Waals surface area contributed by atoms with Crippen molar-refractivity contribution in [3.8, 4) is 5.75 Å². The zero-order valence-electron chi connectivity index (χ0n) is 11.8. The molecule has 120 valence electrons. The molecule has 22 heavy (non-hydrogen) atoms. The first-order chi connectivity index (χ1) is 10.6. The molecule has 0 aromatic heterocycles. The third-order valence-corrected chi connectivity index (χ3v) is 3.23. The quantitative estimate of drug-likeness (QED) is 0.476. The van der Waals surface area contributed by atoms with Crippen molar-refractivity contribution < 1.29 is 18.3 Å². The van der Waals surface area contributed by atoms with E-state index < -0.39 is 6.61 Å². The molecule has 2 rings (SSSR count). The normalized spacial score (nSPS) is 17.9. The fourth-order valence-electron chi connectivity index (χ4n) is 1.95. The maximum Gasteiger partial charge on any atom is 0.387 e. The molecule has 0 radical (unpaired) electrons. The molecular weight excluding hydrogens is 312 g/mol. The zero-order valence-corrected chi connectivity index (χ0v) is 12.6. The van der Waals surface area contributed by atoms with E-state index in [1.165, 1.54) is 18.3 Å². The first kappa shape index (κ1) is 16.6. The van der Waals surface area contributed by atoms with Gasteiger partial charge in [-0.1, -0.05) is 0 Å². The molecule has 0 spiro atoms. The molecule has 5 nitrogen and oxygen atoms in total. The standard InChI is InChI=1S/C14H17F2N3O2S/c15-13(16)21-11-5-3-10(4-6-11)8-18-19-14(22)17-9-12-2-1-7-20-12/h3-6,8,12-13H,1-2,7,9H2,(H2,17,19,22)/b18-8-/t12-/m1/s1. The van der Waals surface area contributed by atoms with E-state index in [0.29, 0.717) is 11.7 Å². The molecule has 1 aromatic rings. The number of hydrogen-bond acceptors (Lipinski definition) is 4. The Hall–Kier alpha value is -1.80. The Morgan fingerprint density at radius 2 is 2.23 bits per heavy atom. The van der Waals surface area contributed by atoms with Crippen molar-refractivity contribution in [2.75, 3.05) is 13.2 Å². The van der Waals surface area contributed by atoms with Crippen LogP contribution < -0.4 is 15.5 Å². The van der Waals surface area contributed by atoms with E-state index in [1.807, 2.05) is 0 Å². The van der Waals surface area contributed by atoms with Crippen LogP contribution in [0.3, 0.4) is 0 Å². The predicted molar refractivity (Wildman–Crippen MR) is 83.4 cm³/mol. The van der Waals surface area contributed by atoms with Gasteiger partial charge in [-0.25, -0.2) is 0 Å². The van der Waals surface area contributed by atoms with Gasteiger partial charge in [-0.3, -0.25) is 5.43 Å². The second-order valence-electron chi connectivity index (χ2n) is 4.66. The molecule has 0 saturated carbocycles. The lowest BCUT2D eigenvalue weighted by molar-refractivity contribution is -0.0498. The molecule has 1 aliphatic rings. The summed E-state index contributed by atoms with van der Waals surface area (Å²) in [5.41, 5.74) is 3.42. The van der Waals surface area contributed by atoms with Gasteiger partial charge in [-0.15, -0.1) is 0 Å². The maximum absolute atomic E-state index is 12.0. The van der Waals surface area contributed by atoms with Crippen LogP contribution in [0.15, 0.2) is 29.4 Å². The average Bonchev–Trinajstić information content (AvgIpc) is 3.00. The summed E-state index contributed by atoms with van der Waals surface area (Å²) in [6.45, 7) is -1.37. The maximum atomic E-state index is 12.0. The number of thiocarbonyl (C=S) groups is 1. The summed E-state index contributed by atoms with van der Waals surface area (Å²) in [4.78, 5) is 0. The smallest absolute Gasteiger partial charge is 0.387 e. The fraction of sp³-hybridized carbons (Fsp3) is 0.429. The van der Waals surface area contributed by atoms with Crippen LogP contribution in [0.25, 0.3) is 0 Å². The van der Waals surface area contributed by atoms with E-state index in [2.05, 4.69) is 20.6 Å². The molecule has 0 aliphatic carbocycles. The van der Waals surface area contributed by atoms with Gasteiger partial charge in [-0.2, -0.15) is 13.9 Å². The number of halogens is 2. The molecule has 0 amide bonds. The zero-order chi connectivity index (χ0) is 15.8.